The lowest BCUT2D eigenvalue weighted by molar-refractivity contribution is -0.171. The molecule has 2 rings (SSSR count). The van der Waals surface area contributed by atoms with Crippen molar-refractivity contribution in [2.24, 2.45) is 11.1 Å². The van der Waals surface area contributed by atoms with Crippen LogP contribution in [0.4, 0.5) is 0 Å². The number of hydrogen-bond acceptors (Lipinski definition) is 4. The van der Waals surface area contributed by atoms with Crippen molar-refractivity contribution in [3.8, 4) is 0 Å². The summed E-state index contributed by atoms with van der Waals surface area (Å²) in [5.41, 5.74) is 4.28. The fourth-order valence-electron chi connectivity index (χ4n) is 3.43. The van der Waals surface area contributed by atoms with Gasteiger partial charge in [-0.3, -0.25) is 4.79 Å². The molecule has 5 heteroatoms. The Balaban J connectivity index is 1.92. The van der Waals surface area contributed by atoms with Gasteiger partial charge in [0.1, 0.15) is 5.54 Å². The molecule has 0 saturated heterocycles. The molecule has 0 radical (unpaired) electrons. The summed E-state index contributed by atoms with van der Waals surface area (Å²) in [5, 5.41) is 13.1. The highest BCUT2D eigenvalue weighted by molar-refractivity contribution is 5.88. The van der Waals surface area contributed by atoms with Gasteiger partial charge in [0.15, 0.2) is 0 Å². The highest BCUT2D eigenvalue weighted by atomic mass is 16.5. The smallest absolute Gasteiger partial charge is 0.240 e. The SMILES string of the molecule is CCOC1CC(N)(C(=O)NCC2(O)CCCC2)C1(C)C. The number of ether oxygens (including phenoxy) is 1. The van der Waals surface area contributed by atoms with Gasteiger partial charge in [-0.25, -0.2) is 0 Å². The molecule has 0 aromatic heterocycles. The zero-order valence-corrected chi connectivity index (χ0v) is 12.9. The van der Waals surface area contributed by atoms with E-state index in [1.165, 1.54) is 0 Å². The van der Waals surface area contributed by atoms with E-state index in [0.29, 0.717) is 19.6 Å². The van der Waals surface area contributed by atoms with Gasteiger partial charge in [-0.1, -0.05) is 26.7 Å². The number of amides is 1. The Morgan fingerprint density at radius 1 is 1.40 bits per heavy atom. The van der Waals surface area contributed by atoms with Crippen molar-refractivity contribution in [1.29, 1.82) is 0 Å². The molecule has 2 aliphatic carbocycles. The Labute approximate surface area is 121 Å². The van der Waals surface area contributed by atoms with E-state index in [-0.39, 0.29) is 17.4 Å². The topological polar surface area (TPSA) is 84.6 Å². The third kappa shape index (κ3) is 2.47. The van der Waals surface area contributed by atoms with Crippen LogP contribution in [-0.2, 0) is 9.53 Å². The lowest BCUT2D eigenvalue weighted by Crippen LogP contribution is -2.76. The van der Waals surface area contributed by atoms with Gasteiger partial charge in [0.2, 0.25) is 5.91 Å². The van der Waals surface area contributed by atoms with E-state index in [1.807, 2.05) is 20.8 Å². The predicted octanol–water partition coefficient (Wildman–Crippen LogP) is 0.940. The largest absolute Gasteiger partial charge is 0.388 e. The molecule has 0 aliphatic heterocycles. The zero-order chi connectivity index (χ0) is 15.0. The maximum Gasteiger partial charge on any atom is 0.240 e. The summed E-state index contributed by atoms with van der Waals surface area (Å²) >= 11 is 0. The summed E-state index contributed by atoms with van der Waals surface area (Å²) in [5.74, 6) is -0.168. The van der Waals surface area contributed by atoms with Crippen LogP contribution >= 0.6 is 0 Å². The van der Waals surface area contributed by atoms with Gasteiger partial charge in [0.05, 0.1) is 11.7 Å². The van der Waals surface area contributed by atoms with Crippen LogP contribution in [0.2, 0.25) is 0 Å². The van der Waals surface area contributed by atoms with Crippen molar-refractivity contribution in [2.75, 3.05) is 13.2 Å². The van der Waals surface area contributed by atoms with Crippen LogP contribution in [0.1, 0.15) is 52.9 Å². The molecule has 20 heavy (non-hydrogen) atoms. The van der Waals surface area contributed by atoms with Gasteiger partial charge < -0.3 is 20.9 Å². The minimum absolute atomic E-state index is 0.0258. The molecule has 2 aliphatic rings. The van der Waals surface area contributed by atoms with Gasteiger partial charge in [-0.15, -0.1) is 0 Å². The van der Waals surface area contributed by atoms with Crippen molar-refractivity contribution >= 4 is 5.91 Å². The fraction of sp³-hybridized carbons (Fsp3) is 0.933. The van der Waals surface area contributed by atoms with Gasteiger partial charge in [-0.2, -0.15) is 0 Å². The average molecular weight is 284 g/mol. The summed E-state index contributed by atoms with van der Waals surface area (Å²) in [6.45, 7) is 6.83. The summed E-state index contributed by atoms with van der Waals surface area (Å²) in [7, 11) is 0. The monoisotopic (exact) mass is 284 g/mol. The van der Waals surface area contributed by atoms with Gasteiger partial charge in [-0.05, 0) is 19.8 Å². The number of hydrogen-bond donors (Lipinski definition) is 3. The average Bonchev–Trinajstić information content (AvgIpc) is 2.83. The molecule has 2 saturated carbocycles. The number of carbonyl (C=O) groups excluding carboxylic acids is 1. The molecule has 1 amide bonds. The van der Waals surface area contributed by atoms with Gasteiger partial charge in [0, 0.05) is 25.0 Å². The van der Waals surface area contributed by atoms with Crippen LogP contribution in [0.3, 0.4) is 0 Å². The third-order valence-electron chi connectivity index (χ3n) is 5.35. The first kappa shape index (κ1) is 15.7. The molecule has 0 aromatic rings. The first-order valence-electron chi connectivity index (χ1n) is 7.66. The first-order valence-corrected chi connectivity index (χ1v) is 7.66. The minimum atomic E-state index is -0.901. The molecule has 0 aromatic carbocycles. The standard InChI is InChI=1S/C15H28N2O3/c1-4-20-11-9-15(16,13(11,2)3)12(18)17-10-14(19)7-5-6-8-14/h11,19H,4-10,16H2,1-3H3,(H,17,18). The van der Waals surface area contributed by atoms with Crippen molar-refractivity contribution < 1.29 is 14.6 Å². The van der Waals surface area contributed by atoms with Crippen LogP contribution in [0.15, 0.2) is 0 Å². The Bertz CT molecular complexity index is 377. The molecule has 4 N–H and O–H groups in total. The number of aliphatic hydroxyl groups is 1. The Kier molecular flexibility index (Phi) is 4.15. The van der Waals surface area contributed by atoms with Crippen LogP contribution in [-0.4, -0.2) is 41.4 Å². The van der Waals surface area contributed by atoms with Crippen molar-refractivity contribution in [1.82, 2.24) is 5.32 Å². The third-order valence-corrected chi connectivity index (χ3v) is 5.35. The molecule has 0 bridgehead atoms. The van der Waals surface area contributed by atoms with Crippen LogP contribution in [0.5, 0.6) is 0 Å². The highest BCUT2D eigenvalue weighted by Crippen LogP contribution is 2.49. The number of carbonyl (C=O) groups is 1. The fourth-order valence-corrected chi connectivity index (χ4v) is 3.43. The normalized spacial score (nSPS) is 34.5. The van der Waals surface area contributed by atoms with E-state index in [9.17, 15) is 9.90 Å². The van der Waals surface area contributed by atoms with Crippen molar-refractivity contribution in [3.05, 3.63) is 0 Å². The molecule has 2 fully saturated rings. The van der Waals surface area contributed by atoms with Crippen LogP contribution in [0.25, 0.3) is 0 Å². The Morgan fingerprint density at radius 2 is 2.00 bits per heavy atom. The van der Waals surface area contributed by atoms with Crippen molar-refractivity contribution in [2.45, 2.75) is 70.1 Å². The first-order chi connectivity index (χ1) is 9.25. The van der Waals surface area contributed by atoms with E-state index in [1.54, 1.807) is 0 Å². The summed E-state index contributed by atoms with van der Waals surface area (Å²) in [6, 6.07) is 0. The number of rotatable bonds is 5. The molecule has 0 heterocycles. The molecule has 116 valence electrons. The molecule has 5 nitrogen and oxygen atoms in total. The second kappa shape index (κ2) is 5.28. The maximum absolute atomic E-state index is 12.4. The quantitative estimate of drug-likeness (QED) is 0.701. The summed E-state index contributed by atoms with van der Waals surface area (Å²) < 4.78 is 5.63. The lowest BCUT2D eigenvalue weighted by Gasteiger charge is -2.57. The number of nitrogens with two attached hydrogens (primary N) is 1. The van der Waals surface area contributed by atoms with Crippen LogP contribution in [0, 0.1) is 5.41 Å². The second-order valence-electron chi connectivity index (χ2n) is 6.96. The summed E-state index contributed by atoms with van der Waals surface area (Å²) in [6.07, 6.45) is 4.14. The van der Waals surface area contributed by atoms with E-state index in [0.717, 1.165) is 25.7 Å². The highest BCUT2D eigenvalue weighted by Gasteiger charge is 2.62. The minimum Gasteiger partial charge on any atom is -0.388 e. The Morgan fingerprint density at radius 3 is 2.50 bits per heavy atom. The van der Waals surface area contributed by atoms with Crippen LogP contribution < -0.4 is 11.1 Å². The number of nitrogens with one attached hydrogen (secondary N) is 1. The molecular weight excluding hydrogens is 256 g/mol. The van der Waals surface area contributed by atoms with E-state index >= 15 is 0 Å². The summed E-state index contributed by atoms with van der Waals surface area (Å²) in [4.78, 5) is 12.4. The maximum atomic E-state index is 12.4. The van der Waals surface area contributed by atoms with E-state index < -0.39 is 11.1 Å². The zero-order valence-electron chi connectivity index (χ0n) is 12.9. The molecule has 2 atom stereocenters. The molecular formula is C15H28N2O3. The molecule has 2 unspecified atom stereocenters. The van der Waals surface area contributed by atoms with E-state index in [4.69, 9.17) is 10.5 Å². The second-order valence-corrected chi connectivity index (χ2v) is 6.96. The van der Waals surface area contributed by atoms with E-state index in [2.05, 4.69) is 5.32 Å². The molecule has 0 spiro atoms. The van der Waals surface area contributed by atoms with Crippen molar-refractivity contribution in [3.63, 3.8) is 0 Å². The van der Waals surface area contributed by atoms with Gasteiger partial charge >= 0.3 is 0 Å². The predicted molar refractivity (Wildman–Crippen MR) is 77.2 cm³/mol. The Hall–Kier alpha value is -0.650. The van der Waals surface area contributed by atoms with Gasteiger partial charge in [0.25, 0.3) is 0 Å². The lowest BCUT2D eigenvalue weighted by atomic mass is 9.54.